The molecule has 2 aromatic heterocycles. The zero-order valence-corrected chi connectivity index (χ0v) is 23.3. The molecule has 0 saturated heterocycles. The summed E-state index contributed by atoms with van der Waals surface area (Å²) in [6.07, 6.45) is -6.19. The molecule has 15 heteroatoms. The fourth-order valence-electron chi connectivity index (χ4n) is 6.71. The fraction of sp³-hybridized carbons (Fsp3) is 0.483. The molecule has 1 aromatic carbocycles. The Balaban J connectivity index is 1.20. The van der Waals surface area contributed by atoms with Crippen LogP contribution in [0.1, 0.15) is 67.3 Å². The highest BCUT2D eigenvalue weighted by atomic mass is 19.4. The molecule has 0 spiro atoms. The first-order chi connectivity index (χ1) is 20.8. The second-order valence-electron chi connectivity index (χ2n) is 11.5. The topological polar surface area (TPSA) is 93.9 Å². The van der Waals surface area contributed by atoms with Crippen LogP contribution in [-0.4, -0.2) is 40.2 Å². The van der Waals surface area contributed by atoms with Gasteiger partial charge in [0.1, 0.15) is 23.8 Å². The van der Waals surface area contributed by atoms with Gasteiger partial charge >= 0.3 is 18.4 Å². The Morgan fingerprint density at radius 3 is 2.52 bits per heavy atom. The van der Waals surface area contributed by atoms with Gasteiger partial charge in [-0.2, -0.15) is 18.3 Å². The Bertz CT molecular complexity index is 1650. The molecule has 3 heterocycles. The summed E-state index contributed by atoms with van der Waals surface area (Å²) in [7, 11) is 1.30. The summed E-state index contributed by atoms with van der Waals surface area (Å²) in [4.78, 5) is 16.5. The summed E-state index contributed by atoms with van der Waals surface area (Å²) in [6, 6.07) is 3.17. The Kier molecular flexibility index (Phi) is 6.37. The van der Waals surface area contributed by atoms with Gasteiger partial charge in [-0.05, 0) is 51.0 Å². The number of ether oxygens (including phenoxy) is 5. The Morgan fingerprint density at radius 1 is 1.14 bits per heavy atom. The number of esters is 1. The average molecular weight is 626 g/mol. The monoisotopic (exact) mass is 625 g/mol. The number of methoxy groups -OCH3 is 1. The lowest BCUT2D eigenvalue weighted by atomic mass is 9.42. The molecule has 0 amide bonds. The van der Waals surface area contributed by atoms with Crippen molar-refractivity contribution in [1.29, 1.82) is 0 Å². The lowest BCUT2D eigenvalue weighted by molar-refractivity contribution is -0.286. The Morgan fingerprint density at radius 2 is 1.86 bits per heavy atom. The molecule has 3 atom stereocenters. The van der Waals surface area contributed by atoms with Crippen molar-refractivity contribution in [3.05, 3.63) is 58.9 Å². The van der Waals surface area contributed by atoms with E-state index in [0.29, 0.717) is 25.7 Å². The van der Waals surface area contributed by atoms with E-state index >= 15 is 0 Å². The number of nitrogens with zero attached hydrogens (tertiary/aromatic N) is 3. The molecule has 4 aliphatic carbocycles. The molecule has 5 aliphatic rings. The summed E-state index contributed by atoms with van der Waals surface area (Å²) < 4.78 is 111. The first-order valence-electron chi connectivity index (χ1n) is 13.9. The molecule has 1 aliphatic heterocycles. The summed E-state index contributed by atoms with van der Waals surface area (Å²) in [6.45, 7) is 1.45. The van der Waals surface area contributed by atoms with Crippen LogP contribution in [-0.2, 0) is 26.9 Å². The van der Waals surface area contributed by atoms with Gasteiger partial charge in [0, 0.05) is 23.3 Å². The maximum Gasteiger partial charge on any atom is 0.586 e. The molecule has 3 saturated carbocycles. The maximum atomic E-state index is 14.8. The van der Waals surface area contributed by atoms with Crippen molar-refractivity contribution in [3.63, 3.8) is 0 Å². The van der Waals surface area contributed by atoms with Crippen LogP contribution in [0.2, 0.25) is 0 Å². The minimum atomic E-state index is -4.74. The van der Waals surface area contributed by atoms with E-state index in [4.69, 9.17) is 14.2 Å². The van der Waals surface area contributed by atoms with E-state index in [9.17, 15) is 31.1 Å². The van der Waals surface area contributed by atoms with E-state index in [1.54, 1.807) is 0 Å². The maximum absolute atomic E-state index is 14.8. The first kappa shape index (κ1) is 28.7. The summed E-state index contributed by atoms with van der Waals surface area (Å²) >= 11 is 0. The Labute approximate surface area is 246 Å². The van der Waals surface area contributed by atoms with Crippen LogP contribution in [0.3, 0.4) is 0 Å². The summed E-state index contributed by atoms with van der Waals surface area (Å²) in [5, 5.41) is 3.94. The minimum Gasteiger partial charge on any atom is -0.484 e. The largest absolute Gasteiger partial charge is 0.586 e. The third-order valence-electron chi connectivity index (χ3n) is 8.83. The molecule has 0 radical (unpaired) electrons. The van der Waals surface area contributed by atoms with E-state index in [1.165, 1.54) is 32.5 Å². The standard InChI is InChI=1S/C29H25F6N3O6/c1-13(18-7-21-22(8-19(18)30)44-29(34,35)43-21)41-16-6-15(11-36-12-16)38-23-17(24(37-38)28(31,32)33)4-3-5-20(23)42-25-14-9-27(25,10-14)26(39)40-2/h6-8,11-14,20,25H,3-5,9-10H2,1-2H3/t13-,14?,20?,25?,27?/m0/s1. The lowest BCUT2D eigenvalue weighted by Gasteiger charge is -2.65. The smallest absolute Gasteiger partial charge is 0.484 e. The SMILES string of the molecule is COC(=O)C12CC(C1)C2OC1CCCc2c(C(F)(F)F)nn(-c3cncc(O[C@@H](C)c4cc5c(cc4F)OC(F)(F)O5)c3)c21. The molecular weight excluding hydrogens is 600 g/mol. The number of aromatic nitrogens is 3. The molecular formula is C29H25F6N3O6. The highest BCUT2D eigenvalue weighted by molar-refractivity contribution is 5.81. The van der Waals surface area contributed by atoms with Crippen molar-refractivity contribution in [3.8, 4) is 22.9 Å². The number of benzene rings is 1. The zero-order valence-electron chi connectivity index (χ0n) is 23.3. The van der Waals surface area contributed by atoms with Crippen LogP contribution >= 0.6 is 0 Å². The molecule has 2 unspecified atom stereocenters. The number of pyridine rings is 1. The van der Waals surface area contributed by atoms with Gasteiger partial charge in [-0.15, -0.1) is 8.78 Å². The highest BCUT2D eigenvalue weighted by Gasteiger charge is 2.72. The number of hydrogen-bond donors (Lipinski definition) is 0. The van der Waals surface area contributed by atoms with E-state index in [-0.39, 0.29) is 52.3 Å². The van der Waals surface area contributed by atoms with E-state index in [2.05, 4.69) is 19.6 Å². The Hall–Kier alpha value is -4.01. The quantitative estimate of drug-likeness (QED) is 0.225. The molecule has 234 valence electrons. The van der Waals surface area contributed by atoms with Gasteiger partial charge in [-0.1, -0.05) is 0 Å². The number of hydrogen-bond acceptors (Lipinski definition) is 8. The van der Waals surface area contributed by atoms with Crippen LogP contribution in [0.25, 0.3) is 5.69 Å². The van der Waals surface area contributed by atoms with Crippen molar-refractivity contribution in [1.82, 2.24) is 14.8 Å². The van der Waals surface area contributed by atoms with Crippen LogP contribution in [0.4, 0.5) is 26.3 Å². The average Bonchev–Trinajstić information content (AvgIpc) is 3.47. The molecule has 3 aromatic rings. The van der Waals surface area contributed by atoms with Gasteiger partial charge in [-0.25, -0.2) is 9.07 Å². The van der Waals surface area contributed by atoms with E-state index in [0.717, 1.165) is 16.8 Å². The second-order valence-corrected chi connectivity index (χ2v) is 11.5. The number of carbonyl (C=O) groups is 1. The highest BCUT2D eigenvalue weighted by Crippen LogP contribution is 2.67. The number of carbonyl (C=O) groups excluding carboxylic acids is 1. The van der Waals surface area contributed by atoms with Crippen LogP contribution < -0.4 is 14.2 Å². The predicted octanol–water partition coefficient (Wildman–Crippen LogP) is 6.23. The molecule has 0 N–H and O–H groups in total. The van der Waals surface area contributed by atoms with Gasteiger partial charge in [0.25, 0.3) is 0 Å². The first-order valence-corrected chi connectivity index (χ1v) is 13.9. The molecule has 9 nitrogen and oxygen atoms in total. The van der Waals surface area contributed by atoms with Gasteiger partial charge < -0.3 is 23.7 Å². The van der Waals surface area contributed by atoms with Crippen molar-refractivity contribution in [2.75, 3.05) is 7.11 Å². The molecule has 8 rings (SSSR count). The number of alkyl halides is 5. The predicted molar refractivity (Wildman–Crippen MR) is 136 cm³/mol. The van der Waals surface area contributed by atoms with E-state index < -0.39 is 53.5 Å². The molecule has 3 fully saturated rings. The number of rotatable bonds is 7. The second kappa shape index (κ2) is 9.74. The van der Waals surface area contributed by atoms with Gasteiger partial charge in [0.15, 0.2) is 17.2 Å². The number of fused-ring (bicyclic) bond motifs is 2. The van der Waals surface area contributed by atoms with Crippen molar-refractivity contribution in [2.24, 2.45) is 11.3 Å². The lowest BCUT2D eigenvalue weighted by Crippen LogP contribution is -2.70. The third kappa shape index (κ3) is 4.46. The molecule has 44 heavy (non-hydrogen) atoms. The van der Waals surface area contributed by atoms with Crippen LogP contribution in [0.15, 0.2) is 30.6 Å². The van der Waals surface area contributed by atoms with Gasteiger partial charge in [0.2, 0.25) is 0 Å². The molecule has 2 bridgehead atoms. The van der Waals surface area contributed by atoms with Crippen molar-refractivity contribution < 1.29 is 54.8 Å². The van der Waals surface area contributed by atoms with Gasteiger partial charge in [0.05, 0.1) is 42.4 Å². The minimum absolute atomic E-state index is 0.00721. The van der Waals surface area contributed by atoms with Crippen molar-refractivity contribution in [2.45, 2.75) is 69.8 Å². The van der Waals surface area contributed by atoms with Crippen molar-refractivity contribution >= 4 is 5.97 Å². The zero-order chi connectivity index (χ0) is 31.2. The summed E-state index contributed by atoms with van der Waals surface area (Å²) in [5.74, 6) is -1.95. The fourth-order valence-corrected chi connectivity index (χ4v) is 6.71. The van der Waals surface area contributed by atoms with Crippen LogP contribution in [0.5, 0.6) is 17.2 Å². The summed E-state index contributed by atoms with van der Waals surface area (Å²) in [5.41, 5.74) is -1.60. The van der Waals surface area contributed by atoms with E-state index in [1.807, 2.05) is 0 Å². The van der Waals surface area contributed by atoms with Crippen LogP contribution in [0, 0.1) is 17.2 Å². The number of halogens is 6. The van der Waals surface area contributed by atoms with Gasteiger partial charge in [-0.3, -0.25) is 9.78 Å². The third-order valence-corrected chi connectivity index (χ3v) is 8.83. The normalized spacial score (nSPS) is 26.7.